The van der Waals surface area contributed by atoms with Crippen molar-refractivity contribution in [3.05, 3.63) is 41.0 Å². The van der Waals surface area contributed by atoms with Crippen LogP contribution in [0.5, 0.6) is 0 Å². The monoisotopic (exact) mass is 438 g/mol. The minimum atomic E-state index is -4.63. The van der Waals surface area contributed by atoms with Crippen LogP contribution in [0, 0.1) is 17.5 Å². The molecule has 4 N–H and O–H groups in total. The number of hydrogen-bond donors (Lipinski definition) is 4. The summed E-state index contributed by atoms with van der Waals surface area (Å²) in [5.74, 6) is -5.69. The molecule has 0 saturated carbocycles. The van der Waals surface area contributed by atoms with E-state index in [4.69, 9.17) is 0 Å². The van der Waals surface area contributed by atoms with E-state index in [0.717, 1.165) is 6.92 Å². The number of fused-ring (bicyclic) bond motifs is 1. The summed E-state index contributed by atoms with van der Waals surface area (Å²) >= 11 is 0. The second-order valence-corrected chi connectivity index (χ2v) is 6.55. The number of alkyl halides is 3. The zero-order chi connectivity index (χ0) is 22.2. The number of rotatable bonds is 3. The van der Waals surface area contributed by atoms with Crippen LogP contribution >= 0.6 is 0 Å². The fraction of sp³-hybridized carbons (Fsp3) is 0.375. The lowest BCUT2D eigenvalue weighted by molar-refractivity contribution is -0.157. The van der Waals surface area contributed by atoms with Gasteiger partial charge in [0.2, 0.25) is 0 Å². The van der Waals surface area contributed by atoms with E-state index in [1.165, 1.54) is 9.91 Å². The first-order valence-corrected chi connectivity index (χ1v) is 8.57. The second kappa shape index (κ2) is 7.93. The number of anilines is 1. The van der Waals surface area contributed by atoms with Gasteiger partial charge in [-0.3, -0.25) is 15.2 Å². The maximum atomic E-state index is 13.3. The Bertz CT molecular complexity index is 882. The highest BCUT2D eigenvalue weighted by Gasteiger charge is 2.39. The highest BCUT2D eigenvalue weighted by Crippen LogP contribution is 2.23. The van der Waals surface area contributed by atoms with Crippen LogP contribution in [-0.2, 0) is 4.79 Å². The molecule has 1 fully saturated rings. The number of amides is 3. The summed E-state index contributed by atoms with van der Waals surface area (Å²) in [5, 5.41) is 5.45. The second-order valence-electron chi connectivity index (χ2n) is 6.55. The number of hydrogen-bond acceptors (Lipinski definition) is 5. The van der Waals surface area contributed by atoms with Crippen LogP contribution in [0.4, 0.5) is 36.8 Å². The molecule has 2 aliphatic heterocycles. The Morgan fingerprint density at radius 1 is 1.13 bits per heavy atom. The lowest BCUT2D eigenvalue weighted by Crippen LogP contribution is -2.51. The quantitative estimate of drug-likeness (QED) is 0.425. The van der Waals surface area contributed by atoms with Crippen LogP contribution < -0.4 is 21.6 Å². The molecule has 14 heteroatoms. The summed E-state index contributed by atoms with van der Waals surface area (Å²) in [6.07, 6.45) is -4.63. The Labute approximate surface area is 165 Å². The van der Waals surface area contributed by atoms with Gasteiger partial charge < -0.3 is 15.5 Å². The molecular formula is C16H16F6N6O2. The number of piperazine rings is 1. The summed E-state index contributed by atoms with van der Waals surface area (Å²) in [4.78, 5) is 25.8. The van der Waals surface area contributed by atoms with Crippen LogP contribution in [0.1, 0.15) is 6.92 Å². The van der Waals surface area contributed by atoms with Gasteiger partial charge in [-0.25, -0.2) is 18.0 Å². The number of urea groups is 1. The van der Waals surface area contributed by atoms with Gasteiger partial charge in [0.1, 0.15) is 11.7 Å². The third kappa shape index (κ3) is 4.37. The fourth-order valence-corrected chi connectivity index (χ4v) is 2.78. The van der Waals surface area contributed by atoms with Crippen LogP contribution in [-0.4, -0.2) is 53.7 Å². The standard InChI is InChI=1S/C16H16F6N6O2/c1-7(16(20,21)22)23-14(29)13-11-6-27(2-3-28(11)26-25-13)15(30)24-8-4-9(17)12(19)10(18)5-8/h4-5,7,25-26H,2-3,6H2,1H3,(H,23,29)(H,24,30)/t7-/m1/s1. The number of halogens is 6. The molecule has 1 atom stereocenters. The molecule has 1 aromatic carbocycles. The Kier molecular flexibility index (Phi) is 5.70. The molecule has 2 heterocycles. The van der Waals surface area contributed by atoms with Crippen LogP contribution in [0.2, 0.25) is 0 Å². The topological polar surface area (TPSA) is 88.7 Å². The molecule has 0 aliphatic carbocycles. The Hall–Kier alpha value is -3.16. The molecule has 164 valence electrons. The van der Waals surface area contributed by atoms with Crippen molar-refractivity contribution >= 4 is 17.6 Å². The molecule has 1 saturated heterocycles. The predicted molar refractivity (Wildman–Crippen MR) is 90.6 cm³/mol. The van der Waals surface area contributed by atoms with Gasteiger partial charge in [-0.1, -0.05) is 0 Å². The van der Waals surface area contributed by atoms with Gasteiger partial charge in [-0.2, -0.15) is 13.2 Å². The third-order valence-corrected chi connectivity index (χ3v) is 4.45. The van der Waals surface area contributed by atoms with E-state index in [1.54, 1.807) is 0 Å². The minimum Gasteiger partial charge on any atom is -0.339 e. The number of benzene rings is 1. The van der Waals surface area contributed by atoms with Crippen molar-refractivity contribution in [3.8, 4) is 0 Å². The van der Waals surface area contributed by atoms with Gasteiger partial charge >= 0.3 is 12.2 Å². The summed E-state index contributed by atoms with van der Waals surface area (Å²) < 4.78 is 77.6. The van der Waals surface area contributed by atoms with Crippen LogP contribution in [0.25, 0.3) is 0 Å². The van der Waals surface area contributed by atoms with Gasteiger partial charge in [0.15, 0.2) is 17.5 Å². The molecule has 0 aromatic heterocycles. The fourth-order valence-electron chi connectivity index (χ4n) is 2.78. The average molecular weight is 438 g/mol. The van der Waals surface area contributed by atoms with E-state index < -0.39 is 41.6 Å². The molecule has 3 amide bonds. The smallest absolute Gasteiger partial charge is 0.339 e. The van der Waals surface area contributed by atoms with E-state index in [9.17, 15) is 35.9 Å². The number of nitrogens with one attached hydrogen (secondary N) is 4. The van der Waals surface area contributed by atoms with Gasteiger partial charge in [-0.05, 0) is 6.92 Å². The largest absolute Gasteiger partial charge is 0.408 e. The van der Waals surface area contributed by atoms with Gasteiger partial charge in [0.25, 0.3) is 5.91 Å². The molecule has 0 bridgehead atoms. The Balaban J connectivity index is 1.72. The van der Waals surface area contributed by atoms with Crippen molar-refractivity contribution < 1.29 is 35.9 Å². The number of hydrazine groups is 2. The summed E-state index contributed by atoms with van der Waals surface area (Å²) in [6, 6.07) is -1.70. The first kappa shape index (κ1) is 21.5. The zero-order valence-electron chi connectivity index (χ0n) is 15.3. The first-order valence-electron chi connectivity index (χ1n) is 8.57. The van der Waals surface area contributed by atoms with E-state index in [-0.39, 0.29) is 36.7 Å². The summed E-state index contributed by atoms with van der Waals surface area (Å²) in [5.41, 5.74) is 4.72. The molecule has 0 radical (unpaired) electrons. The lowest BCUT2D eigenvalue weighted by Gasteiger charge is -2.34. The number of carbonyl (C=O) groups excluding carboxylic acids is 2. The molecular weight excluding hydrogens is 422 g/mol. The highest BCUT2D eigenvalue weighted by molar-refractivity contribution is 5.94. The van der Waals surface area contributed by atoms with Crippen molar-refractivity contribution in [2.45, 2.75) is 19.1 Å². The molecule has 1 aromatic rings. The number of carbonyl (C=O) groups is 2. The lowest BCUT2D eigenvalue weighted by atomic mass is 10.2. The maximum Gasteiger partial charge on any atom is 0.408 e. The first-order chi connectivity index (χ1) is 14.0. The van der Waals surface area contributed by atoms with Crippen molar-refractivity contribution in [1.82, 2.24) is 26.2 Å². The molecule has 3 rings (SSSR count). The van der Waals surface area contributed by atoms with Crippen molar-refractivity contribution in [1.29, 1.82) is 0 Å². The SMILES string of the molecule is C[C@@H](NC(=O)C1=C2CN(C(=O)Nc3cc(F)c(F)c(F)c3)CCN2NN1)C(F)(F)F. The van der Waals surface area contributed by atoms with E-state index in [0.29, 0.717) is 12.1 Å². The number of nitrogens with zero attached hydrogens (tertiary/aromatic N) is 2. The maximum absolute atomic E-state index is 13.3. The zero-order valence-corrected chi connectivity index (χ0v) is 15.3. The predicted octanol–water partition coefficient (Wildman–Crippen LogP) is 1.55. The summed E-state index contributed by atoms with van der Waals surface area (Å²) in [7, 11) is 0. The van der Waals surface area contributed by atoms with Gasteiger partial charge in [0, 0.05) is 24.4 Å². The van der Waals surface area contributed by atoms with Crippen molar-refractivity contribution in [3.63, 3.8) is 0 Å². The highest BCUT2D eigenvalue weighted by atomic mass is 19.4. The minimum absolute atomic E-state index is 0.115. The molecule has 30 heavy (non-hydrogen) atoms. The molecule has 2 aliphatic rings. The molecule has 0 unspecified atom stereocenters. The van der Waals surface area contributed by atoms with Crippen molar-refractivity contribution in [2.24, 2.45) is 0 Å². The van der Waals surface area contributed by atoms with Gasteiger partial charge in [0.05, 0.1) is 18.8 Å². The third-order valence-electron chi connectivity index (χ3n) is 4.45. The average Bonchev–Trinajstić information content (AvgIpc) is 3.08. The Morgan fingerprint density at radius 2 is 1.77 bits per heavy atom. The van der Waals surface area contributed by atoms with Crippen LogP contribution in [0.3, 0.4) is 0 Å². The molecule has 8 nitrogen and oxygen atoms in total. The van der Waals surface area contributed by atoms with Crippen LogP contribution in [0.15, 0.2) is 23.5 Å². The normalized spacial score (nSPS) is 17.4. The van der Waals surface area contributed by atoms with E-state index in [2.05, 4.69) is 16.3 Å². The van der Waals surface area contributed by atoms with Crippen molar-refractivity contribution in [2.75, 3.05) is 25.0 Å². The Morgan fingerprint density at radius 3 is 2.37 bits per heavy atom. The molecule has 0 spiro atoms. The van der Waals surface area contributed by atoms with E-state index >= 15 is 0 Å². The van der Waals surface area contributed by atoms with E-state index in [1.807, 2.05) is 5.32 Å². The summed E-state index contributed by atoms with van der Waals surface area (Å²) in [6.45, 7) is 0.865. The van der Waals surface area contributed by atoms with Gasteiger partial charge in [-0.15, -0.1) is 5.53 Å².